The number of piperidine rings is 1. The number of nitrogens with one attached hydrogen (secondary N) is 1. The number of para-hydroxylation sites is 1. The molecule has 6 heteroatoms. The second-order valence-corrected chi connectivity index (χ2v) is 8.53. The van der Waals surface area contributed by atoms with Crippen LogP contribution < -0.4 is 5.32 Å². The van der Waals surface area contributed by atoms with Crippen LogP contribution in [0.4, 0.5) is 10.5 Å². The van der Waals surface area contributed by atoms with Gasteiger partial charge >= 0.3 is 6.03 Å². The summed E-state index contributed by atoms with van der Waals surface area (Å²) >= 11 is 0. The number of aromatic nitrogens is 2. The summed E-state index contributed by atoms with van der Waals surface area (Å²) in [6.07, 6.45) is 7.80. The second kappa shape index (κ2) is 8.99. The molecule has 2 fully saturated rings. The summed E-state index contributed by atoms with van der Waals surface area (Å²) in [7, 11) is 0. The minimum absolute atomic E-state index is 0.0278. The Morgan fingerprint density at radius 2 is 2.00 bits per heavy atom. The fourth-order valence-corrected chi connectivity index (χ4v) is 4.61. The number of hydrogen-bond acceptors (Lipinski definition) is 3. The van der Waals surface area contributed by atoms with Gasteiger partial charge in [0.15, 0.2) is 0 Å². The van der Waals surface area contributed by atoms with E-state index in [4.69, 9.17) is 4.74 Å². The molecule has 2 aliphatic rings. The third-order valence-corrected chi connectivity index (χ3v) is 6.08. The number of hydrogen-bond donors (Lipinski definition) is 1. The Morgan fingerprint density at radius 1 is 1.17 bits per heavy atom. The van der Waals surface area contributed by atoms with Gasteiger partial charge in [0.25, 0.3) is 0 Å². The molecule has 3 heterocycles. The van der Waals surface area contributed by atoms with Gasteiger partial charge in [-0.25, -0.2) is 9.48 Å². The van der Waals surface area contributed by atoms with Crippen LogP contribution in [0, 0.1) is 5.92 Å². The van der Waals surface area contributed by atoms with Crippen LogP contribution in [0.2, 0.25) is 0 Å². The van der Waals surface area contributed by atoms with E-state index < -0.39 is 0 Å². The SMILES string of the molecule is CC(C)c1c(NC(=O)N2CCCC(C3CCCCO3)C2)cnn1-c1ccccc1. The van der Waals surface area contributed by atoms with Gasteiger partial charge in [-0.05, 0) is 50.2 Å². The predicted molar refractivity (Wildman–Crippen MR) is 115 cm³/mol. The van der Waals surface area contributed by atoms with Crippen molar-refractivity contribution < 1.29 is 9.53 Å². The van der Waals surface area contributed by atoms with Crippen LogP contribution in [0.15, 0.2) is 36.5 Å². The number of urea groups is 1. The highest BCUT2D eigenvalue weighted by Gasteiger charge is 2.31. The van der Waals surface area contributed by atoms with Gasteiger partial charge in [0, 0.05) is 25.6 Å². The van der Waals surface area contributed by atoms with Crippen LogP contribution in [-0.2, 0) is 4.74 Å². The minimum atomic E-state index is -0.0278. The Kier molecular flexibility index (Phi) is 6.19. The molecule has 0 bridgehead atoms. The lowest BCUT2D eigenvalue weighted by atomic mass is 9.88. The molecule has 2 aliphatic heterocycles. The van der Waals surface area contributed by atoms with Crippen LogP contribution in [0.5, 0.6) is 0 Å². The van der Waals surface area contributed by atoms with Crippen LogP contribution >= 0.6 is 0 Å². The standard InChI is InChI=1S/C23H32N4O2/c1-17(2)22-20(15-24-27(22)19-10-4-3-5-11-19)25-23(28)26-13-8-9-18(16-26)21-12-6-7-14-29-21/h3-5,10-11,15,17-18,21H,6-9,12-14,16H2,1-2H3,(H,25,28). The largest absolute Gasteiger partial charge is 0.378 e. The zero-order valence-corrected chi connectivity index (χ0v) is 17.5. The van der Waals surface area contributed by atoms with Crippen molar-refractivity contribution in [2.45, 2.75) is 58.0 Å². The number of ether oxygens (including phenoxy) is 1. The monoisotopic (exact) mass is 396 g/mol. The molecular weight excluding hydrogens is 364 g/mol. The van der Waals surface area contributed by atoms with Gasteiger partial charge in [-0.15, -0.1) is 0 Å². The lowest BCUT2D eigenvalue weighted by Crippen LogP contribution is -2.46. The summed E-state index contributed by atoms with van der Waals surface area (Å²) in [6.45, 7) is 6.70. The summed E-state index contributed by atoms with van der Waals surface area (Å²) in [5, 5.41) is 7.70. The molecule has 2 saturated heterocycles. The van der Waals surface area contributed by atoms with Crippen molar-refractivity contribution in [2.75, 3.05) is 25.0 Å². The Morgan fingerprint density at radius 3 is 2.72 bits per heavy atom. The van der Waals surface area contributed by atoms with Crippen LogP contribution in [0.25, 0.3) is 5.69 Å². The number of carbonyl (C=O) groups is 1. The first kappa shape index (κ1) is 20.0. The normalized spacial score (nSPS) is 22.7. The maximum absolute atomic E-state index is 13.1. The van der Waals surface area contributed by atoms with Crippen LogP contribution in [0.1, 0.15) is 57.6 Å². The zero-order valence-electron chi connectivity index (χ0n) is 17.5. The number of benzene rings is 1. The maximum Gasteiger partial charge on any atom is 0.321 e. The number of rotatable bonds is 4. The van der Waals surface area contributed by atoms with Crippen LogP contribution in [-0.4, -0.2) is 46.5 Å². The molecule has 6 nitrogen and oxygen atoms in total. The molecule has 0 spiro atoms. The first-order valence-corrected chi connectivity index (χ1v) is 10.9. The molecule has 2 unspecified atom stereocenters. The first-order valence-electron chi connectivity index (χ1n) is 10.9. The van der Waals surface area contributed by atoms with E-state index in [0.717, 1.165) is 62.4 Å². The molecule has 2 aromatic rings. The zero-order chi connectivity index (χ0) is 20.2. The third kappa shape index (κ3) is 4.47. The van der Waals surface area contributed by atoms with E-state index in [1.54, 1.807) is 6.20 Å². The number of anilines is 1. The molecular formula is C23H32N4O2. The van der Waals surface area contributed by atoms with Gasteiger partial charge in [0.05, 0.1) is 29.4 Å². The number of carbonyl (C=O) groups excluding carboxylic acids is 1. The lowest BCUT2D eigenvalue weighted by molar-refractivity contribution is -0.0360. The fraction of sp³-hybridized carbons (Fsp3) is 0.565. The Bertz CT molecular complexity index is 812. The van der Waals surface area contributed by atoms with E-state index in [1.165, 1.54) is 6.42 Å². The summed E-state index contributed by atoms with van der Waals surface area (Å²) in [4.78, 5) is 15.0. The predicted octanol–water partition coefficient (Wildman–Crippen LogP) is 4.81. The van der Waals surface area contributed by atoms with Crippen molar-refractivity contribution in [1.82, 2.24) is 14.7 Å². The fourth-order valence-electron chi connectivity index (χ4n) is 4.61. The molecule has 2 amide bonds. The molecule has 0 saturated carbocycles. The highest BCUT2D eigenvalue weighted by atomic mass is 16.5. The molecule has 29 heavy (non-hydrogen) atoms. The topological polar surface area (TPSA) is 59.4 Å². The molecule has 1 aromatic carbocycles. The second-order valence-electron chi connectivity index (χ2n) is 8.53. The Labute approximate surface area is 173 Å². The molecule has 1 aromatic heterocycles. The van der Waals surface area contributed by atoms with Crippen molar-refractivity contribution in [3.8, 4) is 5.69 Å². The van der Waals surface area contributed by atoms with Crippen molar-refractivity contribution in [2.24, 2.45) is 5.92 Å². The molecule has 0 aliphatic carbocycles. The molecule has 1 N–H and O–H groups in total. The summed E-state index contributed by atoms with van der Waals surface area (Å²) in [6, 6.07) is 10.0. The average Bonchev–Trinajstić information content (AvgIpc) is 3.19. The average molecular weight is 397 g/mol. The maximum atomic E-state index is 13.1. The van der Waals surface area contributed by atoms with Gasteiger partial charge in [-0.2, -0.15) is 5.10 Å². The highest BCUT2D eigenvalue weighted by molar-refractivity contribution is 5.90. The van der Waals surface area contributed by atoms with Crippen molar-refractivity contribution in [1.29, 1.82) is 0 Å². The van der Waals surface area contributed by atoms with Gasteiger partial charge in [-0.3, -0.25) is 0 Å². The Balaban J connectivity index is 1.47. The number of likely N-dealkylation sites (tertiary alicyclic amines) is 1. The van der Waals surface area contributed by atoms with E-state index in [2.05, 4.69) is 24.3 Å². The van der Waals surface area contributed by atoms with Gasteiger partial charge in [0.1, 0.15) is 0 Å². The third-order valence-electron chi connectivity index (χ3n) is 6.08. The highest BCUT2D eigenvalue weighted by Crippen LogP contribution is 2.30. The summed E-state index contributed by atoms with van der Waals surface area (Å²) in [5.74, 6) is 0.684. The first-order chi connectivity index (χ1) is 14.1. The van der Waals surface area contributed by atoms with Crippen LogP contribution in [0.3, 0.4) is 0 Å². The van der Waals surface area contributed by atoms with Gasteiger partial charge in [0.2, 0.25) is 0 Å². The molecule has 2 atom stereocenters. The summed E-state index contributed by atoms with van der Waals surface area (Å²) in [5.41, 5.74) is 2.82. The van der Waals surface area contributed by atoms with Gasteiger partial charge < -0.3 is 15.0 Å². The molecule has 0 radical (unpaired) electrons. The molecule has 4 rings (SSSR count). The van der Waals surface area contributed by atoms with Crippen molar-refractivity contribution in [3.63, 3.8) is 0 Å². The summed E-state index contributed by atoms with van der Waals surface area (Å²) < 4.78 is 7.92. The van der Waals surface area contributed by atoms with E-state index in [-0.39, 0.29) is 11.9 Å². The van der Waals surface area contributed by atoms with E-state index >= 15 is 0 Å². The van der Waals surface area contributed by atoms with Crippen molar-refractivity contribution in [3.05, 3.63) is 42.2 Å². The van der Waals surface area contributed by atoms with E-state index in [0.29, 0.717) is 12.0 Å². The molecule has 156 valence electrons. The van der Waals surface area contributed by atoms with Gasteiger partial charge in [-0.1, -0.05) is 32.0 Å². The number of amides is 2. The minimum Gasteiger partial charge on any atom is -0.378 e. The number of nitrogens with zero attached hydrogens (tertiary/aromatic N) is 3. The lowest BCUT2D eigenvalue weighted by Gasteiger charge is -2.38. The Hall–Kier alpha value is -2.34. The quantitative estimate of drug-likeness (QED) is 0.807. The van der Waals surface area contributed by atoms with E-state index in [9.17, 15) is 4.79 Å². The smallest absolute Gasteiger partial charge is 0.321 e. The van der Waals surface area contributed by atoms with E-state index in [1.807, 2.05) is 39.9 Å². The van der Waals surface area contributed by atoms with Crippen molar-refractivity contribution >= 4 is 11.7 Å².